The number of sulfonamides is 1. The van der Waals surface area contributed by atoms with E-state index in [0.717, 1.165) is 16.3 Å². The van der Waals surface area contributed by atoms with Crippen LogP contribution in [0.2, 0.25) is 0 Å². The maximum absolute atomic E-state index is 13.1. The number of aromatic carboxylic acids is 1. The summed E-state index contributed by atoms with van der Waals surface area (Å²) in [5, 5.41) is 11.0. The SMILES string of the molecule is O=C(O)c1cccc(CN2CCN(S(=O)(=O)c3ccc4ccccc4c3)CC2)c1. The smallest absolute Gasteiger partial charge is 0.335 e. The lowest BCUT2D eigenvalue weighted by molar-refractivity contribution is 0.0696. The van der Waals surface area contributed by atoms with Crippen molar-refractivity contribution in [1.82, 2.24) is 9.21 Å². The molecule has 1 aliphatic rings. The van der Waals surface area contributed by atoms with Gasteiger partial charge >= 0.3 is 5.97 Å². The van der Waals surface area contributed by atoms with Gasteiger partial charge in [0.25, 0.3) is 0 Å². The van der Waals surface area contributed by atoms with Crippen molar-refractivity contribution in [2.45, 2.75) is 11.4 Å². The number of piperazine rings is 1. The van der Waals surface area contributed by atoms with Gasteiger partial charge < -0.3 is 5.11 Å². The summed E-state index contributed by atoms with van der Waals surface area (Å²) in [5.41, 5.74) is 1.18. The average Bonchev–Trinajstić information content (AvgIpc) is 2.74. The van der Waals surface area contributed by atoms with E-state index in [1.165, 1.54) is 4.31 Å². The molecule has 150 valence electrons. The van der Waals surface area contributed by atoms with Crippen LogP contribution in [0.15, 0.2) is 71.6 Å². The third kappa shape index (κ3) is 4.17. The molecule has 0 aliphatic carbocycles. The minimum Gasteiger partial charge on any atom is -0.478 e. The number of fused-ring (bicyclic) bond motifs is 1. The van der Waals surface area contributed by atoms with E-state index in [1.54, 1.807) is 30.3 Å². The summed E-state index contributed by atoms with van der Waals surface area (Å²) in [6, 6.07) is 19.8. The Morgan fingerprint density at radius 2 is 1.59 bits per heavy atom. The first-order valence-electron chi connectivity index (χ1n) is 9.47. The molecule has 0 spiro atoms. The summed E-state index contributed by atoms with van der Waals surface area (Å²) in [4.78, 5) is 13.6. The van der Waals surface area contributed by atoms with Crippen molar-refractivity contribution in [3.05, 3.63) is 77.9 Å². The zero-order valence-corrected chi connectivity index (χ0v) is 16.7. The largest absolute Gasteiger partial charge is 0.478 e. The predicted molar refractivity (Wildman–Crippen MR) is 111 cm³/mol. The van der Waals surface area contributed by atoms with E-state index in [4.69, 9.17) is 5.11 Å². The Kier molecular flexibility index (Phi) is 5.36. The molecule has 1 heterocycles. The first kappa shape index (κ1) is 19.6. The fourth-order valence-corrected chi connectivity index (χ4v) is 5.12. The average molecular weight is 410 g/mol. The third-order valence-corrected chi connectivity index (χ3v) is 7.16. The van der Waals surface area contributed by atoms with Gasteiger partial charge in [0.15, 0.2) is 0 Å². The molecule has 0 aromatic heterocycles. The van der Waals surface area contributed by atoms with Gasteiger partial charge in [-0.25, -0.2) is 13.2 Å². The summed E-state index contributed by atoms with van der Waals surface area (Å²) < 4.78 is 27.6. The molecule has 6 nitrogen and oxygen atoms in total. The highest BCUT2D eigenvalue weighted by Crippen LogP contribution is 2.23. The van der Waals surface area contributed by atoms with Gasteiger partial charge in [0.1, 0.15) is 0 Å². The van der Waals surface area contributed by atoms with Gasteiger partial charge in [-0.2, -0.15) is 4.31 Å². The van der Waals surface area contributed by atoms with Crippen molar-refractivity contribution < 1.29 is 18.3 Å². The van der Waals surface area contributed by atoms with Gasteiger partial charge in [0.2, 0.25) is 10.0 Å². The van der Waals surface area contributed by atoms with E-state index in [1.807, 2.05) is 36.4 Å². The standard InChI is InChI=1S/C22H22N2O4S/c25-22(26)20-7-3-4-17(14-20)16-23-10-12-24(13-11-23)29(27,28)21-9-8-18-5-1-2-6-19(18)15-21/h1-9,14-15H,10-13,16H2,(H,25,26). The Labute approximate surface area is 170 Å². The first-order chi connectivity index (χ1) is 13.9. The lowest BCUT2D eigenvalue weighted by atomic mass is 10.1. The molecular formula is C22H22N2O4S. The molecular weight excluding hydrogens is 388 g/mol. The van der Waals surface area contributed by atoms with Crippen LogP contribution in [0.5, 0.6) is 0 Å². The molecule has 3 aromatic carbocycles. The van der Waals surface area contributed by atoms with Crippen LogP contribution in [0.4, 0.5) is 0 Å². The molecule has 29 heavy (non-hydrogen) atoms. The number of carboxylic acids is 1. The Bertz CT molecular complexity index is 1150. The van der Waals surface area contributed by atoms with E-state index in [-0.39, 0.29) is 5.56 Å². The van der Waals surface area contributed by atoms with E-state index < -0.39 is 16.0 Å². The van der Waals surface area contributed by atoms with Gasteiger partial charge in [-0.15, -0.1) is 0 Å². The summed E-state index contributed by atoms with van der Waals surface area (Å²) in [7, 11) is -3.54. The zero-order valence-electron chi connectivity index (χ0n) is 15.9. The normalized spacial score (nSPS) is 16.1. The molecule has 1 fully saturated rings. The van der Waals surface area contributed by atoms with Crippen molar-refractivity contribution >= 4 is 26.8 Å². The van der Waals surface area contributed by atoms with E-state index in [0.29, 0.717) is 37.6 Å². The topological polar surface area (TPSA) is 77.9 Å². The van der Waals surface area contributed by atoms with Gasteiger partial charge in [0, 0.05) is 32.7 Å². The molecule has 0 unspecified atom stereocenters. The lowest BCUT2D eigenvalue weighted by Gasteiger charge is -2.34. The molecule has 0 amide bonds. The fraction of sp³-hybridized carbons (Fsp3) is 0.227. The molecule has 4 rings (SSSR count). The van der Waals surface area contributed by atoms with E-state index in [9.17, 15) is 13.2 Å². The summed E-state index contributed by atoms with van der Waals surface area (Å²) >= 11 is 0. The molecule has 1 aliphatic heterocycles. The monoisotopic (exact) mass is 410 g/mol. The Morgan fingerprint density at radius 3 is 2.31 bits per heavy atom. The summed E-state index contributed by atoms with van der Waals surface area (Å²) in [6.07, 6.45) is 0. The second-order valence-corrected chi connectivity index (χ2v) is 9.13. The van der Waals surface area contributed by atoms with Crippen LogP contribution in [0.1, 0.15) is 15.9 Å². The quantitative estimate of drug-likeness (QED) is 0.700. The highest BCUT2D eigenvalue weighted by Gasteiger charge is 2.28. The predicted octanol–water partition coefficient (Wildman–Crippen LogP) is 3.04. The highest BCUT2D eigenvalue weighted by molar-refractivity contribution is 7.89. The minimum absolute atomic E-state index is 0.264. The van der Waals surface area contributed by atoms with Crippen LogP contribution in [0.25, 0.3) is 10.8 Å². The molecule has 0 bridgehead atoms. The van der Waals surface area contributed by atoms with Crippen LogP contribution < -0.4 is 0 Å². The summed E-state index contributed by atoms with van der Waals surface area (Å²) in [5.74, 6) is -0.946. The van der Waals surface area contributed by atoms with Gasteiger partial charge in [-0.3, -0.25) is 4.90 Å². The number of hydrogen-bond donors (Lipinski definition) is 1. The Morgan fingerprint density at radius 1 is 0.862 bits per heavy atom. The number of carbonyl (C=O) groups is 1. The number of carboxylic acid groups (broad SMARTS) is 1. The Hall–Kier alpha value is -2.74. The maximum Gasteiger partial charge on any atom is 0.335 e. The molecule has 1 saturated heterocycles. The molecule has 3 aromatic rings. The van der Waals surface area contributed by atoms with Crippen molar-refractivity contribution in [3.63, 3.8) is 0 Å². The fourth-order valence-electron chi connectivity index (χ4n) is 3.67. The van der Waals surface area contributed by atoms with Crippen molar-refractivity contribution in [2.24, 2.45) is 0 Å². The van der Waals surface area contributed by atoms with Crippen LogP contribution in [0.3, 0.4) is 0 Å². The second-order valence-electron chi connectivity index (χ2n) is 7.19. The van der Waals surface area contributed by atoms with E-state index in [2.05, 4.69) is 4.90 Å². The highest BCUT2D eigenvalue weighted by atomic mass is 32.2. The number of rotatable bonds is 5. The molecule has 0 atom stereocenters. The number of hydrogen-bond acceptors (Lipinski definition) is 4. The maximum atomic E-state index is 13.1. The van der Waals surface area contributed by atoms with Gasteiger partial charge in [-0.05, 0) is 40.6 Å². The third-order valence-electron chi connectivity index (χ3n) is 5.27. The van der Waals surface area contributed by atoms with Crippen LogP contribution in [-0.2, 0) is 16.6 Å². The molecule has 7 heteroatoms. The number of benzene rings is 3. The number of nitrogens with zero attached hydrogens (tertiary/aromatic N) is 2. The molecule has 0 saturated carbocycles. The minimum atomic E-state index is -3.54. The van der Waals surface area contributed by atoms with Crippen molar-refractivity contribution in [2.75, 3.05) is 26.2 Å². The lowest BCUT2D eigenvalue weighted by Crippen LogP contribution is -2.48. The Balaban J connectivity index is 1.44. The van der Waals surface area contributed by atoms with Gasteiger partial charge in [-0.1, -0.05) is 42.5 Å². The molecule has 0 radical (unpaired) electrons. The second kappa shape index (κ2) is 7.94. The van der Waals surface area contributed by atoms with Gasteiger partial charge in [0.05, 0.1) is 10.5 Å². The zero-order chi connectivity index (χ0) is 20.4. The first-order valence-corrected chi connectivity index (χ1v) is 10.9. The molecule has 1 N–H and O–H groups in total. The van der Waals surface area contributed by atoms with Crippen LogP contribution in [0, 0.1) is 0 Å². The van der Waals surface area contributed by atoms with Crippen molar-refractivity contribution in [3.8, 4) is 0 Å². The van der Waals surface area contributed by atoms with Crippen LogP contribution >= 0.6 is 0 Å². The van der Waals surface area contributed by atoms with E-state index >= 15 is 0 Å². The van der Waals surface area contributed by atoms with Crippen molar-refractivity contribution in [1.29, 1.82) is 0 Å². The summed E-state index contributed by atoms with van der Waals surface area (Å²) in [6.45, 7) is 2.63. The van der Waals surface area contributed by atoms with Crippen LogP contribution in [-0.4, -0.2) is 54.9 Å².